The third-order valence-corrected chi connectivity index (χ3v) is 5.21. The summed E-state index contributed by atoms with van der Waals surface area (Å²) in [6.45, 7) is 2.84. The van der Waals surface area contributed by atoms with Crippen molar-refractivity contribution in [2.24, 2.45) is 0 Å². The second kappa shape index (κ2) is 8.23. The molecule has 2 aromatic carbocycles. The van der Waals surface area contributed by atoms with E-state index in [9.17, 15) is 0 Å². The van der Waals surface area contributed by atoms with Gasteiger partial charge in [-0.1, -0.05) is 30.3 Å². The number of rotatable bonds is 7. The lowest BCUT2D eigenvalue weighted by atomic mass is 10.1. The minimum atomic E-state index is 0.262. The Hall–Kier alpha value is -2.90. The van der Waals surface area contributed by atoms with Gasteiger partial charge < -0.3 is 9.47 Å². The molecule has 5 rings (SSSR count). The molecule has 1 fully saturated rings. The molecule has 3 aromatic rings. The van der Waals surface area contributed by atoms with Gasteiger partial charge in [0.2, 0.25) is 6.79 Å². The van der Waals surface area contributed by atoms with Gasteiger partial charge in [0.1, 0.15) is 5.82 Å². The molecule has 0 N–H and O–H groups in total. The zero-order valence-electron chi connectivity index (χ0n) is 16.3. The summed E-state index contributed by atoms with van der Waals surface area (Å²) in [6.07, 6.45) is 3.57. The molecule has 0 amide bonds. The quantitative estimate of drug-likeness (QED) is 0.616. The zero-order chi connectivity index (χ0) is 19.5. The fraction of sp³-hybridized carbons (Fsp3) is 0.364. The van der Waals surface area contributed by atoms with Crippen molar-refractivity contribution >= 4 is 0 Å². The summed E-state index contributed by atoms with van der Waals surface area (Å²) < 4.78 is 12.9. The number of hydroxylamine groups is 2. The van der Waals surface area contributed by atoms with E-state index < -0.39 is 0 Å². The molecule has 1 aromatic heterocycles. The van der Waals surface area contributed by atoms with Gasteiger partial charge in [0.25, 0.3) is 0 Å². The third kappa shape index (κ3) is 4.11. The number of hydrogen-bond donors (Lipinski definition) is 0. The van der Waals surface area contributed by atoms with E-state index in [-0.39, 0.29) is 6.79 Å². The van der Waals surface area contributed by atoms with Crippen molar-refractivity contribution in [1.82, 2.24) is 19.8 Å². The smallest absolute Gasteiger partial charge is 0.231 e. The molecule has 29 heavy (non-hydrogen) atoms. The SMILES string of the molecule is c1ccc(CCc2nc(CCN3CCCO3)n(-c3ccc4c(c3)OCO4)n2)cc1. The maximum absolute atomic E-state index is 5.63. The fourth-order valence-corrected chi connectivity index (χ4v) is 3.68. The molecule has 0 bridgehead atoms. The van der Waals surface area contributed by atoms with E-state index in [1.165, 1.54) is 5.56 Å². The highest BCUT2D eigenvalue weighted by molar-refractivity contribution is 5.50. The van der Waals surface area contributed by atoms with Gasteiger partial charge in [-0.2, -0.15) is 10.2 Å². The van der Waals surface area contributed by atoms with Crippen molar-refractivity contribution in [3.8, 4) is 17.2 Å². The molecule has 7 nitrogen and oxygen atoms in total. The van der Waals surface area contributed by atoms with E-state index in [1.54, 1.807) is 0 Å². The minimum absolute atomic E-state index is 0.262. The van der Waals surface area contributed by atoms with Crippen LogP contribution in [0.1, 0.15) is 23.6 Å². The molecule has 0 unspecified atom stereocenters. The van der Waals surface area contributed by atoms with Crippen LogP contribution >= 0.6 is 0 Å². The number of fused-ring (bicyclic) bond motifs is 1. The van der Waals surface area contributed by atoms with Crippen LogP contribution in [0.15, 0.2) is 48.5 Å². The van der Waals surface area contributed by atoms with Gasteiger partial charge in [-0.3, -0.25) is 4.84 Å². The van der Waals surface area contributed by atoms with Crippen molar-refractivity contribution in [3.63, 3.8) is 0 Å². The summed E-state index contributed by atoms with van der Waals surface area (Å²) in [5.41, 5.74) is 2.23. The average molecular weight is 392 g/mol. The Bertz CT molecular complexity index is 967. The van der Waals surface area contributed by atoms with Gasteiger partial charge in [0, 0.05) is 32.0 Å². The molecule has 0 radical (unpaired) electrons. The van der Waals surface area contributed by atoms with Gasteiger partial charge >= 0.3 is 0 Å². The molecule has 0 aliphatic carbocycles. The molecule has 7 heteroatoms. The van der Waals surface area contributed by atoms with Gasteiger partial charge in [-0.05, 0) is 30.5 Å². The lowest BCUT2D eigenvalue weighted by Crippen LogP contribution is -2.22. The van der Waals surface area contributed by atoms with Crippen LogP contribution in [0.4, 0.5) is 0 Å². The molecule has 2 aliphatic heterocycles. The number of hydrogen-bond acceptors (Lipinski definition) is 6. The molecule has 0 spiro atoms. The van der Waals surface area contributed by atoms with Crippen LogP contribution in [-0.2, 0) is 24.1 Å². The predicted octanol–water partition coefficient (Wildman–Crippen LogP) is 2.96. The van der Waals surface area contributed by atoms with Gasteiger partial charge in [0.15, 0.2) is 17.3 Å². The zero-order valence-corrected chi connectivity index (χ0v) is 16.3. The normalized spacial score (nSPS) is 15.9. The average Bonchev–Trinajstić information content (AvgIpc) is 3.51. The van der Waals surface area contributed by atoms with Crippen molar-refractivity contribution in [1.29, 1.82) is 0 Å². The monoisotopic (exact) mass is 392 g/mol. The highest BCUT2D eigenvalue weighted by atomic mass is 16.7. The summed E-state index contributed by atoms with van der Waals surface area (Å²) in [6, 6.07) is 16.3. The molecule has 3 heterocycles. The van der Waals surface area contributed by atoms with Crippen LogP contribution in [0, 0.1) is 0 Å². The van der Waals surface area contributed by atoms with Crippen molar-refractivity contribution in [2.45, 2.75) is 25.7 Å². The standard InChI is InChI=1S/C22H24N4O3/c1-2-5-17(6-3-1)7-10-21-23-22(11-13-25-12-4-14-29-25)26(24-21)18-8-9-19-20(15-18)28-16-27-19/h1-3,5-6,8-9,15H,4,7,10-14,16H2. The highest BCUT2D eigenvalue weighted by Gasteiger charge is 2.19. The topological polar surface area (TPSA) is 61.6 Å². The van der Waals surface area contributed by atoms with Gasteiger partial charge in [-0.25, -0.2) is 9.67 Å². The Balaban J connectivity index is 1.38. The Labute approximate surface area is 169 Å². The summed E-state index contributed by atoms with van der Waals surface area (Å²) in [5.74, 6) is 3.30. The third-order valence-electron chi connectivity index (χ3n) is 5.21. The first-order chi connectivity index (χ1) is 14.3. The van der Waals surface area contributed by atoms with E-state index in [0.717, 1.165) is 74.2 Å². The maximum Gasteiger partial charge on any atom is 0.231 e. The number of nitrogens with zero attached hydrogens (tertiary/aromatic N) is 4. The lowest BCUT2D eigenvalue weighted by Gasteiger charge is -2.13. The molecular weight excluding hydrogens is 368 g/mol. The first kappa shape index (κ1) is 18.1. The van der Waals surface area contributed by atoms with Crippen LogP contribution in [0.5, 0.6) is 11.5 Å². The summed E-state index contributed by atoms with van der Waals surface area (Å²) >= 11 is 0. The lowest BCUT2D eigenvalue weighted by molar-refractivity contribution is -0.109. The molecule has 0 atom stereocenters. The molecule has 2 aliphatic rings. The molecule has 0 saturated carbocycles. The van der Waals surface area contributed by atoms with Crippen LogP contribution < -0.4 is 9.47 Å². The summed E-state index contributed by atoms with van der Waals surface area (Å²) in [5, 5.41) is 6.83. The van der Waals surface area contributed by atoms with Crippen LogP contribution in [0.3, 0.4) is 0 Å². The number of aryl methyl sites for hydroxylation is 2. The molecule has 1 saturated heterocycles. The first-order valence-corrected chi connectivity index (χ1v) is 10.1. The second-order valence-electron chi connectivity index (χ2n) is 7.25. The first-order valence-electron chi connectivity index (χ1n) is 10.1. The predicted molar refractivity (Wildman–Crippen MR) is 107 cm³/mol. The maximum atomic E-state index is 5.63. The minimum Gasteiger partial charge on any atom is -0.454 e. The molecule has 150 valence electrons. The van der Waals surface area contributed by atoms with Crippen LogP contribution in [0.2, 0.25) is 0 Å². The van der Waals surface area contributed by atoms with Crippen LogP contribution in [0.25, 0.3) is 5.69 Å². The van der Waals surface area contributed by atoms with Crippen molar-refractivity contribution in [2.75, 3.05) is 26.5 Å². The number of benzene rings is 2. The fourth-order valence-electron chi connectivity index (χ4n) is 3.68. The second-order valence-corrected chi connectivity index (χ2v) is 7.25. The Morgan fingerprint density at radius 1 is 0.931 bits per heavy atom. The highest BCUT2D eigenvalue weighted by Crippen LogP contribution is 2.33. The van der Waals surface area contributed by atoms with Crippen molar-refractivity contribution in [3.05, 3.63) is 65.7 Å². The Morgan fingerprint density at radius 2 is 1.83 bits per heavy atom. The van der Waals surface area contributed by atoms with Crippen LogP contribution in [-0.4, -0.2) is 46.3 Å². The Morgan fingerprint density at radius 3 is 2.69 bits per heavy atom. The van der Waals surface area contributed by atoms with E-state index in [2.05, 4.69) is 24.3 Å². The summed E-state index contributed by atoms with van der Waals surface area (Å²) in [4.78, 5) is 10.5. The summed E-state index contributed by atoms with van der Waals surface area (Å²) in [7, 11) is 0. The molecular formula is C22H24N4O3. The largest absolute Gasteiger partial charge is 0.454 e. The van der Waals surface area contributed by atoms with Gasteiger partial charge in [0.05, 0.1) is 12.3 Å². The van der Waals surface area contributed by atoms with Gasteiger partial charge in [-0.15, -0.1) is 0 Å². The van der Waals surface area contributed by atoms with E-state index in [0.29, 0.717) is 0 Å². The van der Waals surface area contributed by atoms with Crippen molar-refractivity contribution < 1.29 is 14.3 Å². The Kier molecular flexibility index (Phi) is 5.15. The number of aromatic nitrogens is 3. The van der Waals surface area contributed by atoms with E-state index in [1.807, 2.05) is 34.0 Å². The number of ether oxygens (including phenoxy) is 2. The van der Waals surface area contributed by atoms with E-state index in [4.69, 9.17) is 24.4 Å². The van der Waals surface area contributed by atoms with E-state index >= 15 is 0 Å².